The highest BCUT2D eigenvalue weighted by molar-refractivity contribution is 6.29. The van der Waals surface area contributed by atoms with Crippen LogP contribution in [-0.4, -0.2) is 29.9 Å². The van der Waals surface area contributed by atoms with Crippen molar-refractivity contribution in [2.75, 3.05) is 0 Å². The Morgan fingerprint density at radius 2 is 0.405 bits per heavy atom. The second-order valence-electron chi connectivity index (χ2n) is 31.8. The Hall–Kier alpha value is -16.9. The summed E-state index contributed by atoms with van der Waals surface area (Å²) in [5, 5.41) is 11.1. The molecule has 6 aromatic heterocycles. The molecular weight excluding hydrogens is 1530 g/mol. The van der Waals surface area contributed by atoms with E-state index >= 15 is 0 Å². The van der Waals surface area contributed by atoms with Crippen LogP contribution >= 0.6 is 0 Å². The highest BCUT2D eigenvalue weighted by atomic mass is 16.3. The molecule has 8 nitrogen and oxygen atoms in total. The molecule has 0 aliphatic carbocycles. The number of hydrogen-bond donors (Lipinski definition) is 0. The van der Waals surface area contributed by atoms with Crippen LogP contribution in [0.4, 0.5) is 0 Å². The van der Waals surface area contributed by atoms with Crippen molar-refractivity contribution in [2.45, 2.75) is 0 Å². The Morgan fingerprint density at radius 1 is 0.143 bits per heavy atom. The van der Waals surface area contributed by atoms with Crippen molar-refractivity contribution in [3.05, 3.63) is 449 Å². The van der Waals surface area contributed by atoms with Gasteiger partial charge in [-0.2, -0.15) is 0 Å². The number of para-hydroxylation sites is 4. The van der Waals surface area contributed by atoms with Crippen LogP contribution in [0.2, 0.25) is 0 Å². The summed E-state index contributed by atoms with van der Waals surface area (Å²) in [4.78, 5) is 31.3. The number of benzene rings is 18. The minimum atomic E-state index is 0.686. The number of fused-ring (bicyclic) bond motifs is 12. The smallest absolute Gasteiger partial charge is 0.160 e. The molecular formula is C118H74N6O2. The van der Waals surface area contributed by atoms with E-state index in [-0.39, 0.29) is 0 Å². The number of aromatic nitrogens is 6. The molecule has 0 saturated heterocycles. The maximum atomic E-state index is 6.62. The first-order valence-corrected chi connectivity index (χ1v) is 42.5. The van der Waals surface area contributed by atoms with E-state index in [2.05, 4.69) is 388 Å². The highest BCUT2D eigenvalue weighted by Gasteiger charge is 2.26. The Bertz CT molecular complexity index is 8270. The lowest BCUT2D eigenvalue weighted by Crippen LogP contribution is -1.96. The van der Waals surface area contributed by atoms with Crippen molar-refractivity contribution in [3.8, 4) is 157 Å². The molecule has 0 aliphatic rings. The molecule has 6 heterocycles. The van der Waals surface area contributed by atoms with E-state index in [4.69, 9.17) is 38.7 Å². The van der Waals surface area contributed by atoms with Crippen molar-refractivity contribution in [1.29, 1.82) is 0 Å². The van der Waals surface area contributed by atoms with Crippen LogP contribution < -0.4 is 0 Å². The van der Waals surface area contributed by atoms with E-state index in [1.54, 1.807) is 0 Å². The zero-order chi connectivity index (χ0) is 83.4. The lowest BCUT2D eigenvalue weighted by molar-refractivity contribution is 0.669. The average molecular weight is 1610 g/mol. The van der Waals surface area contributed by atoms with Crippen LogP contribution in [0.15, 0.2) is 458 Å². The van der Waals surface area contributed by atoms with Gasteiger partial charge in [0.2, 0.25) is 0 Å². The molecule has 24 rings (SSSR count). The lowest BCUT2D eigenvalue weighted by Gasteiger charge is -2.16. The number of nitrogens with zero attached hydrogens (tertiary/aromatic N) is 6. The first-order chi connectivity index (χ1) is 62.4. The molecule has 0 amide bonds. The number of pyridine rings is 2. The highest BCUT2D eigenvalue weighted by Crippen LogP contribution is 2.50. The molecule has 0 bridgehead atoms. The molecule has 18 aromatic carbocycles. The number of furan rings is 2. The summed E-state index contributed by atoms with van der Waals surface area (Å²) < 4.78 is 13.2. The van der Waals surface area contributed by atoms with Crippen molar-refractivity contribution in [1.82, 2.24) is 29.9 Å². The largest absolute Gasteiger partial charge is 0.456 e. The van der Waals surface area contributed by atoms with E-state index < -0.39 is 0 Å². The van der Waals surface area contributed by atoms with Gasteiger partial charge in [-0.25, -0.2) is 29.9 Å². The molecule has 0 radical (unpaired) electrons. The van der Waals surface area contributed by atoms with E-state index in [0.29, 0.717) is 11.6 Å². The molecule has 0 spiro atoms. The van der Waals surface area contributed by atoms with Gasteiger partial charge in [-0.05, 0) is 122 Å². The molecule has 0 atom stereocenters. The molecule has 24 aromatic rings. The quantitative estimate of drug-likeness (QED) is 0.0992. The molecule has 0 aliphatic heterocycles. The lowest BCUT2D eigenvalue weighted by atomic mass is 9.89. The summed E-state index contributed by atoms with van der Waals surface area (Å²) in [5.74, 6) is 1.37. The summed E-state index contributed by atoms with van der Waals surface area (Å²) in [6, 6.07) is 157. The van der Waals surface area contributed by atoms with Gasteiger partial charge >= 0.3 is 0 Å². The second-order valence-corrected chi connectivity index (χ2v) is 31.8. The van der Waals surface area contributed by atoms with Crippen molar-refractivity contribution >= 4 is 87.2 Å². The standard InChI is InChI=1S/2C59H37N3O/c1-4-16-38(17-5-1)44-23-15-25-46(35-44)59-61-51(40-18-6-2-7-19-40)37-52(62-59)41-32-30-39(31-33-41)43-22-14-24-45(34-43)58-49-36-54-57(48-27-11-13-29-53(48)63-54)55(42-20-8-3-9-21-42)56(49)47-26-10-12-28-50(47)60-58;1-4-15-38(16-5-1)39-29-33-44(34-30-39)59-61-51(41-17-6-2-7-18-41)37-52(62-59)42-31-27-40(28-32-42)45-21-14-22-46(35-45)58-49-36-54-57(48-24-11-13-26-53(48)63-54)55(43-19-8-3-9-20-43)56(49)47-23-10-12-25-50(47)60-58/h2*1-37H. The third-order valence-corrected chi connectivity index (χ3v) is 24.2. The van der Waals surface area contributed by atoms with Gasteiger partial charge in [0.05, 0.1) is 45.2 Å². The SMILES string of the molecule is c1ccc(-c2ccc(-c3nc(-c4ccccc4)cc(-c4ccc(-c5cccc(-c6nc7ccccc7c7c(-c8ccccc8)c8c(cc67)oc6ccccc68)c5)cc4)n3)cc2)cc1.c1ccc(-c2cccc(-c3nc(-c4ccccc4)cc(-c4ccc(-c5cccc(-c6nc7ccccc7c7c(-c8ccccc8)c8c(cc67)oc6ccccc68)c5)cc4)n3)c2)cc1. The van der Waals surface area contributed by atoms with Gasteiger partial charge in [-0.15, -0.1) is 0 Å². The monoisotopic (exact) mass is 1610 g/mol. The van der Waals surface area contributed by atoms with E-state index in [0.717, 1.165) is 216 Å². The van der Waals surface area contributed by atoms with E-state index in [1.807, 2.05) is 60.7 Å². The topological polar surface area (TPSA) is 104 Å². The fourth-order valence-electron chi connectivity index (χ4n) is 18.1. The first-order valence-electron chi connectivity index (χ1n) is 42.5. The van der Waals surface area contributed by atoms with Gasteiger partial charge in [0.25, 0.3) is 0 Å². The van der Waals surface area contributed by atoms with Crippen molar-refractivity contribution in [3.63, 3.8) is 0 Å². The maximum absolute atomic E-state index is 6.62. The van der Waals surface area contributed by atoms with Gasteiger partial charge in [-0.3, -0.25) is 0 Å². The molecule has 0 saturated carbocycles. The fourth-order valence-corrected chi connectivity index (χ4v) is 18.1. The van der Waals surface area contributed by atoms with Crippen LogP contribution in [0.25, 0.3) is 244 Å². The summed E-state index contributed by atoms with van der Waals surface area (Å²) in [5.41, 5.74) is 32.4. The summed E-state index contributed by atoms with van der Waals surface area (Å²) in [6.07, 6.45) is 0. The van der Waals surface area contributed by atoms with Gasteiger partial charge in [-0.1, -0.05) is 382 Å². The fraction of sp³-hybridized carbons (Fsp3) is 0. The predicted octanol–water partition coefficient (Wildman–Crippen LogP) is 31.5. The molecule has 0 unspecified atom stereocenters. The van der Waals surface area contributed by atoms with E-state index in [1.165, 1.54) is 16.3 Å². The van der Waals surface area contributed by atoms with Crippen LogP contribution in [-0.2, 0) is 0 Å². The molecule has 0 fully saturated rings. The van der Waals surface area contributed by atoms with Gasteiger partial charge in [0.15, 0.2) is 11.6 Å². The summed E-state index contributed by atoms with van der Waals surface area (Å²) >= 11 is 0. The Labute approximate surface area is 727 Å². The Morgan fingerprint density at radius 3 is 0.802 bits per heavy atom. The third-order valence-electron chi connectivity index (χ3n) is 24.2. The number of rotatable bonds is 14. The summed E-state index contributed by atoms with van der Waals surface area (Å²) in [6.45, 7) is 0. The maximum Gasteiger partial charge on any atom is 0.160 e. The summed E-state index contributed by atoms with van der Waals surface area (Å²) in [7, 11) is 0. The van der Waals surface area contributed by atoms with Gasteiger partial charge in [0, 0.05) is 109 Å². The van der Waals surface area contributed by atoms with Gasteiger partial charge < -0.3 is 8.83 Å². The molecule has 588 valence electrons. The number of hydrogen-bond acceptors (Lipinski definition) is 8. The minimum Gasteiger partial charge on any atom is -0.456 e. The molecule has 8 heteroatoms. The first kappa shape index (κ1) is 74.1. The van der Waals surface area contributed by atoms with Crippen LogP contribution in [0.1, 0.15) is 0 Å². The zero-order valence-electron chi connectivity index (χ0n) is 68.2. The van der Waals surface area contributed by atoms with Gasteiger partial charge in [0.1, 0.15) is 22.3 Å². The third kappa shape index (κ3) is 13.8. The van der Waals surface area contributed by atoms with Crippen molar-refractivity contribution in [2.24, 2.45) is 0 Å². The second kappa shape index (κ2) is 31.9. The van der Waals surface area contributed by atoms with Crippen LogP contribution in [0.5, 0.6) is 0 Å². The van der Waals surface area contributed by atoms with Crippen LogP contribution in [0.3, 0.4) is 0 Å². The van der Waals surface area contributed by atoms with Crippen LogP contribution in [0, 0.1) is 0 Å². The van der Waals surface area contributed by atoms with Crippen molar-refractivity contribution < 1.29 is 8.83 Å². The zero-order valence-corrected chi connectivity index (χ0v) is 68.2. The Balaban J connectivity index is 0.000000145. The molecule has 0 N–H and O–H groups in total. The normalized spacial score (nSPS) is 11.5. The average Bonchev–Trinajstić information content (AvgIpc) is 1.40. The minimum absolute atomic E-state index is 0.686. The molecule has 126 heavy (non-hydrogen) atoms. The van der Waals surface area contributed by atoms with E-state index in [9.17, 15) is 0 Å². The predicted molar refractivity (Wildman–Crippen MR) is 520 cm³/mol. The Kier molecular flexibility index (Phi) is 18.8.